The van der Waals surface area contributed by atoms with Crippen LogP contribution in [-0.4, -0.2) is 35.4 Å². The Labute approximate surface area is 131 Å². The molecule has 0 aliphatic heterocycles. The van der Waals surface area contributed by atoms with E-state index in [-0.39, 0.29) is 6.61 Å². The number of amides is 1. The molecule has 0 unspecified atom stereocenters. The highest BCUT2D eigenvalue weighted by Gasteiger charge is 2.24. The quantitative estimate of drug-likeness (QED) is 0.844. The molecule has 7 heteroatoms. The SMILES string of the molecule is CC(C)(C)OC(=O)N[C@H](COc1ccccc1Br)C(=O)O. The van der Waals surface area contributed by atoms with Crippen LogP contribution in [-0.2, 0) is 9.53 Å². The van der Waals surface area contributed by atoms with E-state index in [9.17, 15) is 9.59 Å². The maximum atomic E-state index is 11.6. The standard InChI is InChI=1S/C14H18BrNO5/c1-14(2,3)21-13(19)16-10(12(17)18)8-20-11-7-5-4-6-9(11)15/h4-7,10H,8H2,1-3H3,(H,16,19)(H,17,18)/t10-/m1/s1. The van der Waals surface area contributed by atoms with Gasteiger partial charge in [-0.15, -0.1) is 0 Å². The van der Waals surface area contributed by atoms with E-state index < -0.39 is 23.7 Å². The number of aliphatic carboxylic acids is 1. The lowest BCUT2D eigenvalue weighted by Crippen LogP contribution is -2.46. The predicted octanol–water partition coefficient (Wildman–Crippen LogP) is 2.81. The van der Waals surface area contributed by atoms with Gasteiger partial charge in [-0.3, -0.25) is 0 Å². The normalized spacial score (nSPS) is 12.4. The van der Waals surface area contributed by atoms with Crippen LogP contribution in [0.3, 0.4) is 0 Å². The average Bonchev–Trinajstić information content (AvgIpc) is 2.33. The van der Waals surface area contributed by atoms with Crippen molar-refractivity contribution in [1.29, 1.82) is 0 Å². The summed E-state index contributed by atoms with van der Waals surface area (Å²) >= 11 is 3.29. The summed E-state index contributed by atoms with van der Waals surface area (Å²) in [7, 11) is 0. The second-order valence-electron chi connectivity index (χ2n) is 5.28. The number of benzene rings is 1. The molecular weight excluding hydrogens is 342 g/mol. The Balaban J connectivity index is 2.61. The van der Waals surface area contributed by atoms with Gasteiger partial charge in [-0.2, -0.15) is 0 Å². The Morgan fingerprint density at radius 3 is 2.48 bits per heavy atom. The van der Waals surface area contributed by atoms with Gasteiger partial charge in [-0.1, -0.05) is 12.1 Å². The number of carbonyl (C=O) groups excluding carboxylic acids is 1. The fraction of sp³-hybridized carbons (Fsp3) is 0.429. The Bertz CT molecular complexity index is 512. The summed E-state index contributed by atoms with van der Waals surface area (Å²) in [4.78, 5) is 22.7. The molecule has 0 bridgehead atoms. The molecular formula is C14H18BrNO5. The van der Waals surface area contributed by atoms with Crippen LogP contribution in [0.1, 0.15) is 20.8 Å². The van der Waals surface area contributed by atoms with Gasteiger partial charge in [0.2, 0.25) is 0 Å². The first-order chi connectivity index (χ1) is 9.69. The van der Waals surface area contributed by atoms with Crippen molar-refractivity contribution in [3.63, 3.8) is 0 Å². The third kappa shape index (κ3) is 6.48. The zero-order valence-electron chi connectivity index (χ0n) is 12.1. The molecule has 0 saturated heterocycles. The minimum Gasteiger partial charge on any atom is -0.490 e. The van der Waals surface area contributed by atoms with Crippen LogP contribution < -0.4 is 10.1 Å². The molecule has 0 aliphatic carbocycles. The first-order valence-electron chi connectivity index (χ1n) is 6.28. The molecule has 1 aromatic rings. The molecule has 0 spiro atoms. The minimum absolute atomic E-state index is 0.211. The third-order valence-corrected chi connectivity index (χ3v) is 2.89. The molecule has 0 aromatic heterocycles. The van der Waals surface area contributed by atoms with E-state index in [2.05, 4.69) is 21.2 Å². The summed E-state index contributed by atoms with van der Waals surface area (Å²) in [6, 6.07) is 5.83. The van der Waals surface area contributed by atoms with Crippen LogP contribution >= 0.6 is 15.9 Å². The molecule has 0 radical (unpaired) electrons. The second-order valence-corrected chi connectivity index (χ2v) is 6.13. The average molecular weight is 360 g/mol. The fourth-order valence-electron chi connectivity index (χ4n) is 1.36. The number of rotatable bonds is 5. The number of hydrogen-bond donors (Lipinski definition) is 2. The smallest absolute Gasteiger partial charge is 0.408 e. The lowest BCUT2D eigenvalue weighted by molar-refractivity contribution is -0.140. The molecule has 0 saturated carbocycles. The highest BCUT2D eigenvalue weighted by Crippen LogP contribution is 2.23. The Morgan fingerprint density at radius 1 is 1.33 bits per heavy atom. The molecule has 0 fully saturated rings. The second kappa shape index (κ2) is 7.31. The summed E-state index contributed by atoms with van der Waals surface area (Å²) in [5.41, 5.74) is -0.698. The first-order valence-corrected chi connectivity index (χ1v) is 7.08. The minimum atomic E-state index is -1.20. The largest absolute Gasteiger partial charge is 0.490 e. The van der Waals surface area contributed by atoms with Gasteiger partial charge in [0.15, 0.2) is 6.04 Å². The van der Waals surface area contributed by atoms with E-state index in [1.807, 2.05) is 6.07 Å². The summed E-state index contributed by atoms with van der Waals surface area (Å²) < 4.78 is 11.1. The third-order valence-electron chi connectivity index (χ3n) is 2.23. The Kier molecular flexibility index (Phi) is 6.02. The summed E-state index contributed by atoms with van der Waals surface area (Å²) in [6.07, 6.45) is -0.800. The number of para-hydroxylation sites is 1. The highest BCUT2D eigenvalue weighted by atomic mass is 79.9. The van der Waals surface area contributed by atoms with Gasteiger partial charge in [-0.25, -0.2) is 9.59 Å². The first kappa shape index (κ1) is 17.3. The van der Waals surface area contributed by atoms with Gasteiger partial charge in [-0.05, 0) is 48.8 Å². The number of carboxylic acids is 1. The van der Waals surface area contributed by atoms with Crippen molar-refractivity contribution in [2.75, 3.05) is 6.61 Å². The molecule has 1 aromatic carbocycles. The van der Waals surface area contributed by atoms with E-state index in [4.69, 9.17) is 14.6 Å². The van der Waals surface area contributed by atoms with E-state index >= 15 is 0 Å². The molecule has 1 rings (SSSR count). The summed E-state index contributed by atoms with van der Waals surface area (Å²) in [5.74, 6) is -0.706. The van der Waals surface area contributed by atoms with Crippen LogP contribution in [0, 0.1) is 0 Å². The molecule has 1 amide bonds. The van der Waals surface area contributed by atoms with Crippen molar-refractivity contribution >= 4 is 28.0 Å². The van der Waals surface area contributed by atoms with E-state index in [1.165, 1.54) is 0 Å². The topological polar surface area (TPSA) is 84.9 Å². The molecule has 21 heavy (non-hydrogen) atoms. The zero-order valence-corrected chi connectivity index (χ0v) is 13.6. The van der Waals surface area contributed by atoms with Crippen molar-refractivity contribution < 1.29 is 24.2 Å². The van der Waals surface area contributed by atoms with Gasteiger partial charge in [0.05, 0.1) is 4.47 Å². The molecule has 116 valence electrons. The number of ether oxygens (including phenoxy) is 2. The van der Waals surface area contributed by atoms with Gasteiger partial charge in [0.1, 0.15) is 18.0 Å². The maximum Gasteiger partial charge on any atom is 0.408 e. The number of alkyl carbamates (subject to hydrolysis) is 1. The van der Waals surface area contributed by atoms with Crippen molar-refractivity contribution in [2.45, 2.75) is 32.4 Å². The number of hydrogen-bond acceptors (Lipinski definition) is 4. The van der Waals surface area contributed by atoms with Crippen molar-refractivity contribution in [3.05, 3.63) is 28.7 Å². The summed E-state index contributed by atoms with van der Waals surface area (Å²) in [5, 5.41) is 11.4. The maximum absolute atomic E-state index is 11.6. The predicted molar refractivity (Wildman–Crippen MR) is 80.4 cm³/mol. The van der Waals surface area contributed by atoms with Crippen LogP contribution in [0.15, 0.2) is 28.7 Å². The lowest BCUT2D eigenvalue weighted by Gasteiger charge is -2.22. The monoisotopic (exact) mass is 359 g/mol. The number of nitrogens with one attached hydrogen (secondary N) is 1. The van der Waals surface area contributed by atoms with Gasteiger partial charge < -0.3 is 19.9 Å². The van der Waals surface area contributed by atoms with Crippen LogP contribution in [0.2, 0.25) is 0 Å². The molecule has 0 aliphatic rings. The van der Waals surface area contributed by atoms with Crippen molar-refractivity contribution in [2.24, 2.45) is 0 Å². The number of carbonyl (C=O) groups is 2. The van der Waals surface area contributed by atoms with Crippen molar-refractivity contribution in [3.8, 4) is 5.75 Å². The molecule has 6 nitrogen and oxygen atoms in total. The summed E-state index contributed by atoms with van der Waals surface area (Å²) in [6.45, 7) is 4.87. The Hall–Kier alpha value is -1.76. The fourth-order valence-corrected chi connectivity index (χ4v) is 1.76. The lowest BCUT2D eigenvalue weighted by atomic mass is 10.2. The van der Waals surface area contributed by atoms with Crippen molar-refractivity contribution in [1.82, 2.24) is 5.32 Å². The molecule has 0 heterocycles. The van der Waals surface area contributed by atoms with Crippen LogP contribution in [0.5, 0.6) is 5.75 Å². The van der Waals surface area contributed by atoms with Gasteiger partial charge in [0.25, 0.3) is 0 Å². The van der Waals surface area contributed by atoms with E-state index in [1.54, 1.807) is 39.0 Å². The number of carboxylic acid groups (broad SMARTS) is 1. The zero-order chi connectivity index (χ0) is 16.0. The van der Waals surface area contributed by atoms with E-state index in [0.717, 1.165) is 0 Å². The van der Waals surface area contributed by atoms with Crippen LogP contribution in [0.4, 0.5) is 4.79 Å². The number of halogens is 1. The molecule has 2 N–H and O–H groups in total. The molecule has 1 atom stereocenters. The Morgan fingerprint density at radius 2 is 1.95 bits per heavy atom. The van der Waals surface area contributed by atoms with Crippen LogP contribution in [0.25, 0.3) is 0 Å². The highest BCUT2D eigenvalue weighted by molar-refractivity contribution is 9.10. The van der Waals surface area contributed by atoms with Gasteiger partial charge >= 0.3 is 12.1 Å². The van der Waals surface area contributed by atoms with E-state index in [0.29, 0.717) is 10.2 Å². The van der Waals surface area contributed by atoms with Gasteiger partial charge in [0, 0.05) is 0 Å².